The lowest BCUT2D eigenvalue weighted by Gasteiger charge is -2.16. The second-order valence-corrected chi connectivity index (χ2v) is 6.25. The quantitative estimate of drug-likeness (QED) is 0.912. The van der Waals surface area contributed by atoms with Crippen molar-refractivity contribution in [3.05, 3.63) is 47.0 Å². The van der Waals surface area contributed by atoms with Gasteiger partial charge >= 0.3 is 0 Å². The Morgan fingerprint density at radius 3 is 2.88 bits per heavy atom. The highest BCUT2D eigenvalue weighted by Crippen LogP contribution is 2.40. The number of benzene rings is 2. The molecule has 128 valence electrons. The Bertz CT molecular complexity index is 868. The molecule has 0 unspecified atom stereocenters. The molecule has 2 aromatic carbocycles. The van der Waals surface area contributed by atoms with Crippen molar-refractivity contribution >= 4 is 34.8 Å². The molecule has 25 heavy (non-hydrogen) atoms. The fourth-order valence-corrected chi connectivity index (χ4v) is 3.24. The Morgan fingerprint density at radius 1 is 1.20 bits per heavy atom. The van der Waals surface area contributed by atoms with Gasteiger partial charge in [0.15, 0.2) is 11.5 Å². The van der Waals surface area contributed by atoms with Crippen LogP contribution in [0.25, 0.3) is 0 Å². The van der Waals surface area contributed by atoms with Crippen LogP contribution in [0.3, 0.4) is 0 Å². The summed E-state index contributed by atoms with van der Waals surface area (Å²) in [6.07, 6.45) is 1.41. The van der Waals surface area contributed by atoms with E-state index in [1.807, 2.05) is 12.1 Å². The molecule has 2 aliphatic rings. The monoisotopic (exact) mass is 358 g/mol. The van der Waals surface area contributed by atoms with Crippen molar-refractivity contribution in [3.63, 3.8) is 0 Å². The summed E-state index contributed by atoms with van der Waals surface area (Å²) in [5, 5.41) is 3.15. The maximum atomic E-state index is 12.5. The smallest absolute Gasteiger partial charge is 0.255 e. The zero-order chi connectivity index (χ0) is 17.4. The highest BCUT2D eigenvalue weighted by Gasteiger charge is 2.23. The Balaban J connectivity index is 1.55. The lowest BCUT2D eigenvalue weighted by Crippen LogP contribution is -2.23. The minimum atomic E-state index is -0.315. The summed E-state index contributed by atoms with van der Waals surface area (Å²) >= 11 is 6.12. The number of anilines is 2. The molecule has 4 rings (SSSR count). The number of carbonyl (C=O) groups is 2. The minimum absolute atomic E-state index is 0.0893. The summed E-state index contributed by atoms with van der Waals surface area (Å²) in [7, 11) is 0. The predicted octanol–water partition coefficient (Wildman–Crippen LogP) is 3.45. The van der Waals surface area contributed by atoms with Crippen LogP contribution >= 0.6 is 11.6 Å². The topological polar surface area (TPSA) is 67.9 Å². The number of hydrogen-bond acceptors (Lipinski definition) is 4. The largest absolute Gasteiger partial charge is 0.454 e. The van der Waals surface area contributed by atoms with Crippen LogP contribution < -0.4 is 19.7 Å². The lowest BCUT2D eigenvalue weighted by molar-refractivity contribution is -0.117. The number of amides is 2. The Labute approximate surface area is 149 Å². The molecule has 0 aromatic heterocycles. The summed E-state index contributed by atoms with van der Waals surface area (Å²) < 4.78 is 10.5. The average Bonchev–Trinajstić information content (AvgIpc) is 3.24. The molecule has 2 aliphatic heterocycles. The highest BCUT2D eigenvalue weighted by atomic mass is 35.5. The molecule has 0 aliphatic carbocycles. The van der Waals surface area contributed by atoms with E-state index in [2.05, 4.69) is 5.32 Å². The van der Waals surface area contributed by atoms with E-state index >= 15 is 0 Å². The molecule has 2 aromatic rings. The lowest BCUT2D eigenvalue weighted by atomic mass is 10.1. The van der Waals surface area contributed by atoms with E-state index in [-0.39, 0.29) is 18.6 Å². The van der Waals surface area contributed by atoms with Crippen LogP contribution in [0.4, 0.5) is 11.4 Å². The van der Waals surface area contributed by atoms with Crippen molar-refractivity contribution in [1.29, 1.82) is 0 Å². The second kappa shape index (κ2) is 6.29. The average molecular weight is 359 g/mol. The van der Waals surface area contributed by atoms with Crippen LogP contribution in [-0.2, 0) is 4.79 Å². The van der Waals surface area contributed by atoms with Gasteiger partial charge in [-0.3, -0.25) is 9.59 Å². The van der Waals surface area contributed by atoms with E-state index in [0.717, 1.165) is 12.1 Å². The Morgan fingerprint density at radius 2 is 2.08 bits per heavy atom. The Hall–Kier alpha value is -2.73. The maximum Gasteiger partial charge on any atom is 0.255 e. The third-order valence-corrected chi connectivity index (χ3v) is 4.46. The van der Waals surface area contributed by atoms with Gasteiger partial charge in [0.25, 0.3) is 5.91 Å². The zero-order valence-corrected chi connectivity index (χ0v) is 14.0. The molecule has 0 saturated carbocycles. The summed E-state index contributed by atoms with van der Waals surface area (Å²) in [5.74, 6) is 0.693. The normalized spacial score (nSPS) is 15.6. The van der Waals surface area contributed by atoms with Gasteiger partial charge in [0.1, 0.15) is 0 Å². The number of halogens is 1. The highest BCUT2D eigenvalue weighted by molar-refractivity contribution is 6.32. The molecular formula is C18H15ClN2O4. The fourth-order valence-electron chi connectivity index (χ4n) is 2.97. The molecular weight excluding hydrogens is 344 g/mol. The second-order valence-electron chi connectivity index (χ2n) is 5.85. The van der Waals surface area contributed by atoms with Crippen molar-refractivity contribution < 1.29 is 19.1 Å². The molecule has 1 fully saturated rings. The molecule has 0 bridgehead atoms. The van der Waals surface area contributed by atoms with Crippen LogP contribution in [-0.4, -0.2) is 25.2 Å². The minimum Gasteiger partial charge on any atom is -0.454 e. The van der Waals surface area contributed by atoms with E-state index < -0.39 is 0 Å². The van der Waals surface area contributed by atoms with E-state index in [1.54, 1.807) is 23.1 Å². The molecule has 2 amide bonds. The molecule has 0 radical (unpaired) electrons. The maximum absolute atomic E-state index is 12.5. The van der Waals surface area contributed by atoms with Gasteiger partial charge in [-0.2, -0.15) is 0 Å². The number of carbonyl (C=O) groups excluding carboxylic acids is 2. The first-order valence-corrected chi connectivity index (χ1v) is 8.30. The van der Waals surface area contributed by atoms with Crippen LogP contribution in [0, 0.1) is 0 Å². The van der Waals surface area contributed by atoms with Gasteiger partial charge in [0.2, 0.25) is 12.7 Å². The number of nitrogens with one attached hydrogen (secondary N) is 1. The van der Waals surface area contributed by atoms with Gasteiger partial charge in [-0.05, 0) is 36.8 Å². The molecule has 1 N–H and O–H groups in total. The van der Waals surface area contributed by atoms with Crippen molar-refractivity contribution in [1.82, 2.24) is 0 Å². The summed E-state index contributed by atoms with van der Waals surface area (Å²) in [6.45, 7) is 0.792. The molecule has 2 heterocycles. The van der Waals surface area contributed by atoms with Crippen LogP contribution in [0.1, 0.15) is 23.2 Å². The van der Waals surface area contributed by atoms with E-state index in [0.29, 0.717) is 40.7 Å². The molecule has 1 saturated heterocycles. The van der Waals surface area contributed by atoms with Crippen LogP contribution in [0.15, 0.2) is 36.4 Å². The zero-order valence-electron chi connectivity index (χ0n) is 13.3. The number of ether oxygens (including phenoxy) is 2. The fraction of sp³-hybridized carbons (Fsp3) is 0.222. The summed E-state index contributed by atoms with van der Waals surface area (Å²) in [4.78, 5) is 26.1. The number of rotatable bonds is 3. The Kier molecular flexibility index (Phi) is 3.97. The van der Waals surface area contributed by atoms with Crippen molar-refractivity contribution in [2.45, 2.75) is 12.8 Å². The standard InChI is InChI=1S/C18H15ClN2O4/c19-14-7-11(8-15-17(14)25-10-24-15)18(23)20-12-3-1-4-13(9-12)21-6-2-5-16(21)22/h1,3-4,7-9H,2,5-6,10H2,(H,20,23). The van der Waals surface area contributed by atoms with Crippen molar-refractivity contribution in [2.24, 2.45) is 0 Å². The first-order chi connectivity index (χ1) is 12.1. The van der Waals surface area contributed by atoms with Crippen LogP contribution in [0.2, 0.25) is 5.02 Å². The van der Waals surface area contributed by atoms with Crippen molar-refractivity contribution in [3.8, 4) is 11.5 Å². The van der Waals surface area contributed by atoms with E-state index in [1.165, 1.54) is 6.07 Å². The number of fused-ring (bicyclic) bond motifs is 1. The van der Waals surface area contributed by atoms with Gasteiger partial charge in [-0.1, -0.05) is 17.7 Å². The summed E-state index contributed by atoms with van der Waals surface area (Å²) in [6, 6.07) is 10.4. The molecule has 0 atom stereocenters. The van der Waals surface area contributed by atoms with Gasteiger partial charge in [0.05, 0.1) is 5.02 Å². The molecule has 6 nitrogen and oxygen atoms in total. The molecule has 7 heteroatoms. The third kappa shape index (κ3) is 3.00. The first-order valence-electron chi connectivity index (χ1n) is 7.93. The van der Waals surface area contributed by atoms with Gasteiger partial charge in [-0.25, -0.2) is 0 Å². The molecule has 0 spiro atoms. The van der Waals surface area contributed by atoms with E-state index in [4.69, 9.17) is 21.1 Å². The van der Waals surface area contributed by atoms with Crippen LogP contribution in [0.5, 0.6) is 11.5 Å². The number of hydrogen-bond donors (Lipinski definition) is 1. The van der Waals surface area contributed by atoms with E-state index in [9.17, 15) is 9.59 Å². The first kappa shape index (κ1) is 15.8. The summed E-state index contributed by atoms with van der Waals surface area (Å²) in [5.41, 5.74) is 1.76. The SMILES string of the molecule is O=C(Nc1cccc(N2CCCC2=O)c1)c1cc(Cl)c2c(c1)OCO2. The van der Waals surface area contributed by atoms with Gasteiger partial charge < -0.3 is 19.7 Å². The number of nitrogens with zero attached hydrogens (tertiary/aromatic N) is 1. The van der Waals surface area contributed by atoms with Crippen molar-refractivity contribution in [2.75, 3.05) is 23.6 Å². The van der Waals surface area contributed by atoms with Gasteiger partial charge in [-0.15, -0.1) is 0 Å². The third-order valence-electron chi connectivity index (χ3n) is 4.18. The predicted molar refractivity (Wildman–Crippen MR) is 93.6 cm³/mol. The van der Waals surface area contributed by atoms with Gasteiger partial charge in [0, 0.05) is 29.9 Å².